The zero-order chi connectivity index (χ0) is 31.2. The van der Waals surface area contributed by atoms with Crippen LogP contribution in [0.4, 0.5) is 0 Å². The van der Waals surface area contributed by atoms with Gasteiger partial charge in [-0.1, -0.05) is 51.1 Å². The van der Waals surface area contributed by atoms with Gasteiger partial charge in [-0.15, -0.1) is 0 Å². The van der Waals surface area contributed by atoms with Crippen LogP contribution in [0.2, 0.25) is 0 Å². The number of likely N-dealkylation sites (N-methyl/N-ethyl adjacent to an activating group) is 2. The van der Waals surface area contributed by atoms with Crippen LogP contribution in [-0.2, 0) is 32.3 Å². The van der Waals surface area contributed by atoms with Crippen LogP contribution in [0.25, 0.3) is 0 Å². The number of carboxylic acids is 2. The van der Waals surface area contributed by atoms with Crippen LogP contribution in [0.5, 0.6) is 0 Å². The molecule has 0 aromatic heterocycles. The SMILES string of the molecule is C.C.C.C[N+](C)(C)CCOP(=O)(O)O.C[N+](C)(C)CCOP(=O)(O)OCCCCCC(=O)O.O=C(O)CCCCCBr.[Ca+2].[Cl-]. The summed E-state index contributed by atoms with van der Waals surface area (Å²) in [5.74, 6) is -1.53. The first kappa shape index (κ1) is 63.7. The van der Waals surface area contributed by atoms with Crippen LogP contribution in [-0.4, -0.2) is 164 Å². The normalized spacial score (nSPS) is 11.9. The van der Waals surface area contributed by atoms with Crippen LogP contribution in [0.1, 0.15) is 73.6 Å². The number of phosphoric ester groups is 2. The summed E-state index contributed by atoms with van der Waals surface area (Å²) in [7, 11) is 3.38. The number of unbranched alkanes of at least 4 members (excludes halogenated alkanes) is 4. The molecule has 0 aliphatic carbocycles. The number of phosphoric acid groups is 2. The monoisotopic (exact) mass is 799 g/mol. The minimum atomic E-state index is -4.26. The fourth-order valence-electron chi connectivity index (χ4n) is 2.18. The van der Waals surface area contributed by atoms with E-state index in [1.807, 2.05) is 42.3 Å². The summed E-state index contributed by atoms with van der Waals surface area (Å²) in [4.78, 5) is 46.2. The number of aliphatic carboxylic acids is 2. The third-order valence-electron chi connectivity index (χ3n) is 4.35. The first-order chi connectivity index (χ1) is 17.6. The summed E-state index contributed by atoms with van der Waals surface area (Å²) < 4.78 is 36.8. The van der Waals surface area contributed by atoms with Gasteiger partial charge in [0.1, 0.15) is 26.3 Å². The maximum absolute atomic E-state index is 11.5. The van der Waals surface area contributed by atoms with Crippen molar-refractivity contribution in [2.75, 3.05) is 80.5 Å². The summed E-state index contributed by atoms with van der Waals surface area (Å²) in [6.45, 7) is 1.50. The number of quaternary nitrogens is 2. The van der Waals surface area contributed by atoms with Crippen LogP contribution in [0.15, 0.2) is 0 Å². The molecule has 19 heteroatoms. The molecule has 0 aromatic carbocycles. The van der Waals surface area contributed by atoms with E-state index in [1.165, 1.54) is 0 Å². The van der Waals surface area contributed by atoms with Gasteiger partial charge in [0.2, 0.25) is 0 Å². The maximum Gasteiger partial charge on any atom is 2.00 e. The average molecular weight is 801 g/mol. The molecule has 14 nitrogen and oxygen atoms in total. The number of carboxylic acid groups (broad SMARTS) is 2. The molecule has 0 radical (unpaired) electrons. The summed E-state index contributed by atoms with van der Waals surface area (Å²) in [6, 6.07) is 0. The van der Waals surface area contributed by atoms with E-state index in [9.17, 15) is 23.6 Å². The fourth-order valence-corrected chi connectivity index (χ4v) is 3.65. The second-order valence-electron chi connectivity index (χ2n) is 10.6. The van der Waals surface area contributed by atoms with Gasteiger partial charge in [0, 0.05) is 18.2 Å². The Morgan fingerprint density at radius 3 is 1.30 bits per heavy atom. The molecule has 0 aliphatic rings. The van der Waals surface area contributed by atoms with Gasteiger partial charge in [-0.25, -0.2) is 9.13 Å². The quantitative estimate of drug-likeness (QED) is 0.0395. The van der Waals surface area contributed by atoms with Crippen molar-refractivity contribution in [3.63, 3.8) is 0 Å². The van der Waals surface area contributed by atoms with E-state index in [0.717, 1.165) is 24.6 Å². The Hall–Kier alpha value is 1.11. The number of carbonyl (C=O) groups is 2. The largest absolute Gasteiger partial charge is 2.00 e. The van der Waals surface area contributed by atoms with Gasteiger partial charge in [0.15, 0.2) is 0 Å². The maximum atomic E-state index is 11.5. The van der Waals surface area contributed by atoms with E-state index in [-0.39, 0.29) is 98.7 Å². The van der Waals surface area contributed by atoms with Crippen molar-refractivity contribution in [1.29, 1.82) is 0 Å². The molecule has 1 unspecified atom stereocenters. The summed E-state index contributed by atoms with van der Waals surface area (Å²) in [5, 5.41) is 17.6. The molecule has 1 atom stereocenters. The standard InChI is InChI=1S/C11H24NO6P.C6H11BrO2.C5H14NO4P.3CH4.Ca.ClH/c1-12(2,3)8-10-18-19(15,16)17-9-6-4-5-7-11(13)14;7-5-3-1-2-4-6(8)9;1-6(2,3)4-5-10-11(7,8)9;;;;;/h4-10H2,1-3H3,(H-,13,14,15,16);1-5H2,(H,8,9);4-5H2,1-3H3,(H-,7,8,9);3*1H4;;1H/q;;;;;;+2;/p+1. The summed E-state index contributed by atoms with van der Waals surface area (Å²) in [5.41, 5.74) is 0. The molecule has 268 valence electrons. The van der Waals surface area contributed by atoms with E-state index in [1.54, 1.807) is 0 Å². The molecule has 0 spiro atoms. The molecule has 0 aliphatic heterocycles. The van der Waals surface area contributed by atoms with Crippen molar-refractivity contribution in [2.45, 2.75) is 73.6 Å². The zero-order valence-electron chi connectivity index (χ0n) is 25.2. The molecule has 0 amide bonds. The smallest absolute Gasteiger partial charge is 1.00 e. The zero-order valence-corrected chi connectivity index (χ0v) is 31.6. The van der Waals surface area contributed by atoms with Crippen molar-refractivity contribution in [2.24, 2.45) is 0 Å². The summed E-state index contributed by atoms with van der Waals surface area (Å²) in [6.07, 6.45) is 5.04. The first-order valence-corrected chi connectivity index (χ1v) is 16.7. The number of hydrogen-bond donors (Lipinski definition) is 5. The van der Waals surface area contributed by atoms with Crippen LogP contribution >= 0.6 is 31.6 Å². The molecular formula is C25H63BrCaClN2O12P2+3. The molecular weight excluding hydrogens is 738 g/mol. The molecule has 0 saturated carbocycles. The van der Waals surface area contributed by atoms with E-state index < -0.39 is 27.6 Å². The first-order valence-electron chi connectivity index (χ1n) is 12.5. The molecule has 0 fully saturated rings. The topological polar surface area (TPSA) is 197 Å². The molecule has 0 heterocycles. The van der Waals surface area contributed by atoms with Gasteiger partial charge in [-0.2, -0.15) is 0 Å². The Kier molecular flexibility index (Phi) is 51.3. The Balaban J connectivity index is -0.0000000751. The van der Waals surface area contributed by atoms with Gasteiger partial charge < -0.3 is 46.3 Å². The molecule has 0 rings (SSSR count). The Morgan fingerprint density at radius 2 is 0.977 bits per heavy atom. The minimum Gasteiger partial charge on any atom is -1.00 e. The van der Waals surface area contributed by atoms with Crippen molar-refractivity contribution in [3.8, 4) is 0 Å². The number of rotatable bonds is 20. The average Bonchev–Trinajstić information content (AvgIpc) is 2.71. The third-order valence-corrected chi connectivity index (χ3v) is 6.45. The van der Waals surface area contributed by atoms with Gasteiger partial charge in [-0.3, -0.25) is 23.2 Å². The van der Waals surface area contributed by atoms with E-state index in [0.29, 0.717) is 47.7 Å². The number of hydrogen-bond acceptors (Lipinski definition) is 7. The van der Waals surface area contributed by atoms with Gasteiger partial charge in [-0.05, 0) is 25.7 Å². The third kappa shape index (κ3) is 69.7. The molecule has 44 heavy (non-hydrogen) atoms. The Morgan fingerprint density at radius 1 is 0.636 bits per heavy atom. The van der Waals surface area contributed by atoms with Crippen molar-refractivity contribution in [1.82, 2.24) is 0 Å². The molecule has 5 N–H and O–H groups in total. The van der Waals surface area contributed by atoms with Crippen LogP contribution in [0.3, 0.4) is 0 Å². The molecule has 0 aromatic rings. The van der Waals surface area contributed by atoms with Gasteiger partial charge >= 0.3 is 65.3 Å². The predicted octanol–water partition coefficient (Wildman–Crippen LogP) is 1.83. The van der Waals surface area contributed by atoms with Crippen molar-refractivity contribution < 1.29 is 78.6 Å². The van der Waals surface area contributed by atoms with Crippen LogP contribution in [0, 0.1) is 0 Å². The second-order valence-corrected chi connectivity index (χ2v) is 14.1. The Bertz CT molecular complexity index is 756. The van der Waals surface area contributed by atoms with Crippen molar-refractivity contribution >= 4 is 81.3 Å². The number of halogens is 2. The minimum absolute atomic E-state index is 0. The van der Waals surface area contributed by atoms with E-state index in [4.69, 9.17) is 29.0 Å². The van der Waals surface area contributed by atoms with E-state index >= 15 is 0 Å². The van der Waals surface area contributed by atoms with E-state index in [2.05, 4.69) is 20.5 Å². The number of nitrogens with zero attached hydrogens (tertiary/aromatic N) is 2. The van der Waals surface area contributed by atoms with Gasteiger partial charge in [0.25, 0.3) is 0 Å². The molecule has 0 bridgehead atoms. The summed E-state index contributed by atoms with van der Waals surface area (Å²) >= 11 is 3.27. The second kappa shape index (κ2) is 35.4. The number of alkyl halides is 1. The van der Waals surface area contributed by atoms with Crippen molar-refractivity contribution in [3.05, 3.63) is 0 Å². The Labute approximate surface area is 311 Å². The van der Waals surface area contributed by atoms with Gasteiger partial charge in [0.05, 0.1) is 48.9 Å². The molecule has 0 saturated heterocycles. The van der Waals surface area contributed by atoms with Crippen LogP contribution < -0.4 is 12.4 Å². The fraction of sp³-hybridized carbons (Fsp3) is 0.920. The predicted molar refractivity (Wildman–Crippen MR) is 177 cm³/mol.